The van der Waals surface area contributed by atoms with Crippen LogP contribution in [0.15, 0.2) is 17.2 Å². The van der Waals surface area contributed by atoms with E-state index in [1.54, 1.807) is 12.1 Å². The van der Waals surface area contributed by atoms with E-state index in [4.69, 9.17) is 14.2 Å². The number of methoxy groups -OCH3 is 3. The summed E-state index contributed by atoms with van der Waals surface area (Å²) in [5.41, 5.74) is 2.68. The van der Waals surface area contributed by atoms with Crippen molar-refractivity contribution in [2.45, 2.75) is 18.9 Å². The van der Waals surface area contributed by atoms with Crippen molar-refractivity contribution in [3.8, 4) is 17.2 Å². The standard InChI is InChI=1S/C15H19N3O5/c1-21-10-6-12(22-2)11(13(7-10)23-3)8-16-18-15(20)14(19)17-9-4-5-9/h6-9H,4-5H2,1-3H3,(H,17,19)(H,18,20)/b16-8-. The van der Waals surface area contributed by atoms with Crippen LogP contribution in [0.5, 0.6) is 17.2 Å². The lowest BCUT2D eigenvalue weighted by molar-refractivity contribution is -0.139. The fourth-order valence-electron chi connectivity index (χ4n) is 1.84. The highest BCUT2D eigenvalue weighted by molar-refractivity contribution is 6.35. The second kappa shape index (κ2) is 7.48. The molecule has 0 aromatic heterocycles. The van der Waals surface area contributed by atoms with E-state index in [-0.39, 0.29) is 6.04 Å². The van der Waals surface area contributed by atoms with Crippen molar-refractivity contribution >= 4 is 18.0 Å². The van der Waals surface area contributed by atoms with E-state index in [1.807, 2.05) is 0 Å². The first kappa shape index (κ1) is 16.6. The predicted molar refractivity (Wildman–Crippen MR) is 83.0 cm³/mol. The maximum absolute atomic E-state index is 11.6. The van der Waals surface area contributed by atoms with Crippen molar-refractivity contribution < 1.29 is 23.8 Å². The van der Waals surface area contributed by atoms with E-state index >= 15 is 0 Å². The van der Waals surface area contributed by atoms with Crippen LogP contribution in [0.4, 0.5) is 0 Å². The molecule has 2 rings (SSSR count). The summed E-state index contributed by atoms with van der Waals surface area (Å²) < 4.78 is 15.6. The molecule has 23 heavy (non-hydrogen) atoms. The molecule has 0 unspecified atom stereocenters. The van der Waals surface area contributed by atoms with Crippen LogP contribution < -0.4 is 25.0 Å². The topological polar surface area (TPSA) is 98.3 Å². The molecule has 0 spiro atoms. The average Bonchev–Trinajstić information content (AvgIpc) is 3.38. The number of benzene rings is 1. The van der Waals surface area contributed by atoms with Crippen molar-refractivity contribution in [2.75, 3.05) is 21.3 Å². The minimum Gasteiger partial charge on any atom is -0.496 e. The van der Waals surface area contributed by atoms with Crippen molar-refractivity contribution in [3.05, 3.63) is 17.7 Å². The lowest BCUT2D eigenvalue weighted by Crippen LogP contribution is -2.38. The predicted octanol–water partition coefficient (Wildman–Crippen LogP) is 0.441. The first-order valence-electron chi connectivity index (χ1n) is 7.03. The molecule has 124 valence electrons. The van der Waals surface area contributed by atoms with E-state index in [2.05, 4.69) is 15.8 Å². The molecule has 0 heterocycles. The summed E-state index contributed by atoms with van der Waals surface area (Å²) in [6, 6.07) is 3.43. The molecule has 1 aliphatic carbocycles. The Morgan fingerprint density at radius 3 is 2.17 bits per heavy atom. The van der Waals surface area contributed by atoms with Crippen LogP contribution in [0.25, 0.3) is 0 Å². The van der Waals surface area contributed by atoms with Gasteiger partial charge in [-0.05, 0) is 12.8 Å². The number of hydrogen-bond donors (Lipinski definition) is 2. The molecular formula is C15H19N3O5. The number of nitrogens with one attached hydrogen (secondary N) is 2. The van der Waals surface area contributed by atoms with Gasteiger partial charge >= 0.3 is 11.8 Å². The zero-order valence-corrected chi connectivity index (χ0v) is 13.2. The van der Waals surface area contributed by atoms with E-state index in [0.717, 1.165) is 12.8 Å². The third-order valence-corrected chi connectivity index (χ3v) is 3.23. The van der Waals surface area contributed by atoms with Crippen LogP contribution in [-0.4, -0.2) is 45.4 Å². The van der Waals surface area contributed by atoms with Gasteiger partial charge in [0.15, 0.2) is 0 Å². The monoisotopic (exact) mass is 321 g/mol. The lowest BCUT2D eigenvalue weighted by Gasteiger charge is -2.12. The molecule has 0 atom stereocenters. The highest BCUT2D eigenvalue weighted by atomic mass is 16.5. The number of ether oxygens (including phenoxy) is 3. The van der Waals surface area contributed by atoms with Gasteiger partial charge in [-0.1, -0.05) is 0 Å². The first-order chi connectivity index (χ1) is 11.1. The van der Waals surface area contributed by atoms with Crippen LogP contribution in [0.3, 0.4) is 0 Å². The van der Waals surface area contributed by atoms with Crippen molar-refractivity contribution in [3.63, 3.8) is 0 Å². The van der Waals surface area contributed by atoms with Gasteiger partial charge in [-0.25, -0.2) is 5.43 Å². The molecular weight excluding hydrogens is 302 g/mol. The number of rotatable bonds is 6. The summed E-state index contributed by atoms with van der Waals surface area (Å²) in [6.45, 7) is 0. The fourth-order valence-corrected chi connectivity index (χ4v) is 1.84. The second-order valence-corrected chi connectivity index (χ2v) is 4.89. The SMILES string of the molecule is COc1cc(OC)c(/C=N\NC(=O)C(=O)NC2CC2)c(OC)c1. The number of carbonyl (C=O) groups is 2. The molecule has 2 amide bonds. The molecule has 0 saturated heterocycles. The fraction of sp³-hybridized carbons (Fsp3) is 0.400. The molecule has 0 aliphatic heterocycles. The van der Waals surface area contributed by atoms with Gasteiger partial charge in [0.2, 0.25) is 0 Å². The van der Waals surface area contributed by atoms with Crippen LogP contribution >= 0.6 is 0 Å². The first-order valence-corrected chi connectivity index (χ1v) is 7.03. The maximum Gasteiger partial charge on any atom is 0.329 e. The van der Waals surface area contributed by atoms with Gasteiger partial charge in [0.25, 0.3) is 0 Å². The summed E-state index contributed by atoms with van der Waals surface area (Å²) in [6.07, 6.45) is 3.16. The normalized spacial score (nSPS) is 13.5. The minimum absolute atomic E-state index is 0.110. The Bertz CT molecular complexity index is 601. The minimum atomic E-state index is -0.820. The van der Waals surface area contributed by atoms with Gasteiger partial charge in [-0.3, -0.25) is 9.59 Å². The molecule has 1 fully saturated rings. The van der Waals surface area contributed by atoms with Gasteiger partial charge in [0, 0.05) is 18.2 Å². The number of carbonyl (C=O) groups excluding carboxylic acids is 2. The Labute approximate surface area is 133 Å². The number of amides is 2. The molecule has 1 aromatic rings. The van der Waals surface area contributed by atoms with Crippen LogP contribution in [0.1, 0.15) is 18.4 Å². The molecule has 1 aliphatic rings. The molecule has 8 heteroatoms. The molecule has 0 bridgehead atoms. The summed E-state index contributed by atoms with van der Waals surface area (Å²) in [5, 5.41) is 6.35. The molecule has 8 nitrogen and oxygen atoms in total. The average molecular weight is 321 g/mol. The van der Waals surface area contributed by atoms with E-state index in [1.165, 1.54) is 27.5 Å². The quantitative estimate of drug-likeness (QED) is 0.450. The van der Waals surface area contributed by atoms with Crippen molar-refractivity contribution in [1.82, 2.24) is 10.7 Å². The van der Waals surface area contributed by atoms with Crippen LogP contribution in [0.2, 0.25) is 0 Å². The van der Waals surface area contributed by atoms with Crippen molar-refractivity contribution in [2.24, 2.45) is 5.10 Å². The zero-order valence-electron chi connectivity index (χ0n) is 13.2. The summed E-state index contributed by atoms with van der Waals surface area (Å²) in [7, 11) is 4.51. The van der Waals surface area contributed by atoms with Crippen LogP contribution in [0, 0.1) is 0 Å². The van der Waals surface area contributed by atoms with Gasteiger partial charge in [0.05, 0.1) is 33.1 Å². The zero-order chi connectivity index (χ0) is 16.8. The highest BCUT2D eigenvalue weighted by Crippen LogP contribution is 2.32. The Balaban J connectivity index is 2.08. The Morgan fingerprint density at radius 1 is 1.09 bits per heavy atom. The summed E-state index contributed by atoms with van der Waals surface area (Å²) in [5.74, 6) is -0.0372. The molecule has 2 N–H and O–H groups in total. The number of hydrogen-bond acceptors (Lipinski definition) is 6. The Morgan fingerprint density at radius 2 is 1.70 bits per heavy atom. The highest BCUT2D eigenvalue weighted by Gasteiger charge is 2.26. The molecule has 1 aromatic carbocycles. The van der Waals surface area contributed by atoms with E-state index in [9.17, 15) is 9.59 Å². The van der Waals surface area contributed by atoms with Gasteiger partial charge in [-0.2, -0.15) is 5.10 Å². The van der Waals surface area contributed by atoms with E-state index in [0.29, 0.717) is 22.8 Å². The number of hydrazone groups is 1. The van der Waals surface area contributed by atoms with Gasteiger partial charge in [0.1, 0.15) is 17.2 Å². The third-order valence-electron chi connectivity index (χ3n) is 3.23. The second-order valence-electron chi connectivity index (χ2n) is 4.89. The van der Waals surface area contributed by atoms with Gasteiger partial charge in [-0.15, -0.1) is 0 Å². The van der Waals surface area contributed by atoms with Crippen molar-refractivity contribution in [1.29, 1.82) is 0 Å². The molecule has 1 saturated carbocycles. The van der Waals surface area contributed by atoms with E-state index < -0.39 is 11.8 Å². The Hall–Kier alpha value is -2.77. The van der Waals surface area contributed by atoms with Gasteiger partial charge < -0.3 is 19.5 Å². The summed E-state index contributed by atoms with van der Waals surface area (Å²) in [4.78, 5) is 23.1. The molecule has 0 radical (unpaired) electrons. The number of nitrogens with zero attached hydrogens (tertiary/aromatic N) is 1. The smallest absolute Gasteiger partial charge is 0.329 e. The Kier molecular flexibility index (Phi) is 5.40. The van der Waals surface area contributed by atoms with Crippen LogP contribution in [-0.2, 0) is 9.59 Å². The summed E-state index contributed by atoms with van der Waals surface area (Å²) >= 11 is 0. The third kappa shape index (κ3) is 4.35. The maximum atomic E-state index is 11.6. The largest absolute Gasteiger partial charge is 0.496 e. The lowest BCUT2D eigenvalue weighted by atomic mass is 10.2.